The second-order valence-corrected chi connectivity index (χ2v) is 5.87. The van der Waals surface area contributed by atoms with Gasteiger partial charge in [-0.3, -0.25) is 14.2 Å². The highest BCUT2D eigenvalue weighted by molar-refractivity contribution is 5.79. The number of carbonyl (C=O) groups excluding carboxylic acids is 1. The van der Waals surface area contributed by atoms with Gasteiger partial charge in [0.25, 0.3) is 5.56 Å². The largest absolute Gasteiger partial charge is 0.352 e. The van der Waals surface area contributed by atoms with Gasteiger partial charge in [0.1, 0.15) is 6.54 Å². The van der Waals surface area contributed by atoms with Crippen molar-refractivity contribution in [2.45, 2.75) is 44.3 Å². The second-order valence-electron chi connectivity index (χ2n) is 5.87. The zero-order valence-corrected chi connectivity index (χ0v) is 12.4. The minimum absolute atomic E-state index is 0.000773. The van der Waals surface area contributed by atoms with Crippen LogP contribution < -0.4 is 16.6 Å². The number of nitrogens with zero attached hydrogens (tertiary/aromatic N) is 2. The molecule has 0 radical (unpaired) electrons. The van der Waals surface area contributed by atoms with Gasteiger partial charge in [0.15, 0.2) is 0 Å². The van der Waals surface area contributed by atoms with Crippen LogP contribution in [-0.2, 0) is 11.3 Å². The summed E-state index contributed by atoms with van der Waals surface area (Å²) >= 11 is 0. The lowest BCUT2D eigenvalue weighted by Crippen LogP contribution is -2.42. The maximum Gasteiger partial charge on any atom is 0.261 e. The number of nitrogens with one attached hydrogen (secondary N) is 1. The number of aromatic nitrogens is 2. The van der Waals surface area contributed by atoms with Crippen molar-refractivity contribution in [3.05, 3.63) is 40.9 Å². The quantitative estimate of drug-likeness (QED) is 0.876. The molecular weight excluding hydrogens is 280 g/mol. The Balaban J connectivity index is 1.69. The summed E-state index contributed by atoms with van der Waals surface area (Å²) < 4.78 is 1.35. The molecule has 0 atom stereocenters. The molecule has 116 valence electrons. The van der Waals surface area contributed by atoms with Gasteiger partial charge in [0.2, 0.25) is 5.91 Å². The Kier molecular flexibility index (Phi) is 4.20. The number of carbonyl (C=O) groups is 1. The standard InChI is InChI=1S/C16H20N4O2/c17-11-5-7-12(8-6-11)19-15(21)9-20-10-18-14-4-2-1-3-13(14)16(20)22/h1-4,10-12H,5-9,17H2,(H,19,21). The van der Waals surface area contributed by atoms with Gasteiger partial charge in [0, 0.05) is 12.1 Å². The van der Waals surface area contributed by atoms with E-state index < -0.39 is 0 Å². The van der Waals surface area contributed by atoms with E-state index in [9.17, 15) is 9.59 Å². The second kappa shape index (κ2) is 6.27. The predicted molar refractivity (Wildman–Crippen MR) is 84.4 cm³/mol. The highest BCUT2D eigenvalue weighted by Crippen LogP contribution is 2.16. The maximum absolute atomic E-state index is 12.3. The number of fused-ring (bicyclic) bond motifs is 1. The average Bonchev–Trinajstić information content (AvgIpc) is 2.53. The highest BCUT2D eigenvalue weighted by Gasteiger charge is 2.20. The number of para-hydroxylation sites is 1. The van der Waals surface area contributed by atoms with Crippen LogP contribution in [0.2, 0.25) is 0 Å². The summed E-state index contributed by atoms with van der Waals surface area (Å²) in [6.07, 6.45) is 5.10. The van der Waals surface area contributed by atoms with E-state index in [4.69, 9.17) is 5.73 Å². The van der Waals surface area contributed by atoms with Gasteiger partial charge in [-0.05, 0) is 37.8 Å². The molecule has 1 saturated carbocycles. The molecule has 6 heteroatoms. The summed E-state index contributed by atoms with van der Waals surface area (Å²) in [5.74, 6) is -0.153. The van der Waals surface area contributed by atoms with E-state index in [0.29, 0.717) is 10.9 Å². The van der Waals surface area contributed by atoms with Gasteiger partial charge in [0.05, 0.1) is 17.2 Å². The van der Waals surface area contributed by atoms with Crippen molar-refractivity contribution in [1.82, 2.24) is 14.9 Å². The average molecular weight is 300 g/mol. The lowest BCUT2D eigenvalue weighted by molar-refractivity contribution is -0.122. The molecule has 0 aliphatic heterocycles. The zero-order chi connectivity index (χ0) is 15.5. The van der Waals surface area contributed by atoms with Crippen LogP contribution in [-0.4, -0.2) is 27.5 Å². The third-order valence-corrected chi connectivity index (χ3v) is 4.18. The molecule has 0 unspecified atom stereocenters. The Morgan fingerprint density at radius 1 is 1.27 bits per heavy atom. The number of rotatable bonds is 3. The van der Waals surface area contributed by atoms with Crippen molar-refractivity contribution < 1.29 is 4.79 Å². The molecule has 1 fully saturated rings. The van der Waals surface area contributed by atoms with Crippen LogP contribution in [0.5, 0.6) is 0 Å². The summed E-state index contributed by atoms with van der Waals surface area (Å²) in [6.45, 7) is -0.000773. The Hall–Kier alpha value is -2.21. The summed E-state index contributed by atoms with van der Waals surface area (Å²) in [4.78, 5) is 28.7. The monoisotopic (exact) mass is 300 g/mol. The number of hydrogen-bond donors (Lipinski definition) is 2. The molecule has 2 aromatic rings. The molecule has 6 nitrogen and oxygen atoms in total. The topological polar surface area (TPSA) is 90.0 Å². The third-order valence-electron chi connectivity index (χ3n) is 4.18. The van der Waals surface area contributed by atoms with Gasteiger partial charge in [-0.25, -0.2) is 4.98 Å². The van der Waals surface area contributed by atoms with Gasteiger partial charge < -0.3 is 11.1 Å². The Labute approximate surface area is 128 Å². The van der Waals surface area contributed by atoms with Gasteiger partial charge in [-0.15, -0.1) is 0 Å². The smallest absolute Gasteiger partial charge is 0.261 e. The SMILES string of the molecule is NC1CCC(NC(=O)Cn2cnc3ccccc3c2=O)CC1. The molecule has 22 heavy (non-hydrogen) atoms. The normalized spacial score (nSPS) is 21.7. The first-order chi connectivity index (χ1) is 10.6. The van der Waals surface area contributed by atoms with Crippen molar-refractivity contribution in [2.75, 3.05) is 0 Å². The number of benzene rings is 1. The van der Waals surface area contributed by atoms with E-state index in [1.54, 1.807) is 18.2 Å². The first kappa shape index (κ1) is 14.7. The van der Waals surface area contributed by atoms with Gasteiger partial charge in [-0.1, -0.05) is 12.1 Å². The van der Waals surface area contributed by atoms with Crippen LogP contribution in [0.15, 0.2) is 35.4 Å². The van der Waals surface area contributed by atoms with Crippen LogP contribution in [0.1, 0.15) is 25.7 Å². The fourth-order valence-corrected chi connectivity index (χ4v) is 2.91. The third kappa shape index (κ3) is 3.17. The van der Waals surface area contributed by atoms with E-state index >= 15 is 0 Å². The van der Waals surface area contributed by atoms with Crippen LogP contribution in [0.3, 0.4) is 0 Å². The van der Waals surface area contributed by atoms with E-state index in [-0.39, 0.29) is 30.1 Å². The Morgan fingerprint density at radius 3 is 2.77 bits per heavy atom. The number of nitrogens with two attached hydrogens (primary N) is 1. The summed E-state index contributed by atoms with van der Waals surface area (Å²) in [5, 5.41) is 3.51. The summed E-state index contributed by atoms with van der Waals surface area (Å²) in [6, 6.07) is 7.55. The molecule has 3 rings (SSSR count). The van der Waals surface area contributed by atoms with Crippen molar-refractivity contribution in [3.8, 4) is 0 Å². The lowest BCUT2D eigenvalue weighted by Gasteiger charge is -2.26. The maximum atomic E-state index is 12.3. The molecule has 1 amide bonds. The van der Waals surface area contributed by atoms with Crippen LogP contribution in [0.4, 0.5) is 0 Å². The molecular formula is C16H20N4O2. The first-order valence-corrected chi connectivity index (χ1v) is 7.62. The van der Waals surface area contributed by atoms with Crippen molar-refractivity contribution in [3.63, 3.8) is 0 Å². The molecule has 1 aliphatic carbocycles. The van der Waals surface area contributed by atoms with Crippen molar-refractivity contribution in [2.24, 2.45) is 5.73 Å². The zero-order valence-electron chi connectivity index (χ0n) is 12.4. The molecule has 0 bridgehead atoms. The predicted octanol–water partition coefficient (Wildman–Crippen LogP) is 0.783. The number of amides is 1. The fourth-order valence-electron chi connectivity index (χ4n) is 2.91. The van der Waals surface area contributed by atoms with E-state index in [1.165, 1.54) is 10.9 Å². The summed E-state index contributed by atoms with van der Waals surface area (Å²) in [7, 11) is 0. The van der Waals surface area contributed by atoms with Crippen LogP contribution >= 0.6 is 0 Å². The Morgan fingerprint density at radius 2 is 2.00 bits per heavy atom. The lowest BCUT2D eigenvalue weighted by atomic mass is 9.92. The minimum atomic E-state index is -0.189. The minimum Gasteiger partial charge on any atom is -0.352 e. The molecule has 0 spiro atoms. The van der Waals surface area contributed by atoms with Crippen molar-refractivity contribution >= 4 is 16.8 Å². The number of hydrogen-bond acceptors (Lipinski definition) is 4. The van der Waals surface area contributed by atoms with Gasteiger partial charge in [-0.2, -0.15) is 0 Å². The summed E-state index contributed by atoms with van der Waals surface area (Å²) in [5.41, 5.74) is 6.31. The molecule has 1 aliphatic rings. The Bertz CT molecular complexity index is 732. The van der Waals surface area contributed by atoms with Crippen LogP contribution in [0.25, 0.3) is 10.9 Å². The van der Waals surface area contributed by atoms with E-state index in [0.717, 1.165) is 25.7 Å². The molecule has 3 N–H and O–H groups in total. The van der Waals surface area contributed by atoms with Gasteiger partial charge >= 0.3 is 0 Å². The molecule has 1 aromatic carbocycles. The first-order valence-electron chi connectivity index (χ1n) is 7.62. The fraction of sp³-hybridized carbons (Fsp3) is 0.438. The van der Waals surface area contributed by atoms with Crippen molar-refractivity contribution in [1.29, 1.82) is 0 Å². The highest BCUT2D eigenvalue weighted by atomic mass is 16.2. The van der Waals surface area contributed by atoms with E-state index in [2.05, 4.69) is 10.3 Å². The molecule has 1 heterocycles. The van der Waals surface area contributed by atoms with E-state index in [1.807, 2.05) is 6.07 Å². The molecule has 0 saturated heterocycles. The van der Waals surface area contributed by atoms with Crippen LogP contribution in [0, 0.1) is 0 Å². The molecule has 1 aromatic heterocycles.